The van der Waals surface area contributed by atoms with Crippen molar-refractivity contribution in [1.82, 2.24) is 24.8 Å². The third-order valence-corrected chi connectivity index (χ3v) is 5.15. The summed E-state index contributed by atoms with van der Waals surface area (Å²) >= 11 is 0. The van der Waals surface area contributed by atoms with Gasteiger partial charge in [0.05, 0.1) is 11.1 Å². The molecule has 0 fully saturated rings. The Morgan fingerprint density at radius 2 is 1.78 bits per heavy atom. The fraction of sp³-hybridized carbons (Fsp3) is 0.348. The van der Waals surface area contributed by atoms with Crippen LogP contribution in [0.2, 0.25) is 0 Å². The van der Waals surface area contributed by atoms with Crippen molar-refractivity contribution in [3.63, 3.8) is 0 Å². The molecular weight excluding hydrogens is 419 g/mol. The summed E-state index contributed by atoms with van der Waals surface area (Å²) in [5.41, 5.74) is 0.379. The summed E-state index contributed by atoms with van der Waals surface area (Å²) in [6, 6.07) is 5.36. The Morgan fingerprint density at radius 3 is 2.38 bits per heavy atom. The molecule has 9 heteroatoms. The van der Waals surface area contributed by atoms with E-state index in [1.54, 1.807) is 11.0 Å². The molecule has 168 valence electrons. The van der Waals surface area contributed by atoms with E-state index in [1.165, 1.54) is 30.6 Å². The van der Waals surface area contributed by atoms with Gasteiger partial charge in [-0.1, -0.05) is 0 Å². The molecule has 1 atom stereocenters. The number of amides is 1. The first kappa shape index (κ1) is 23.3. The normalized spacial score (nSPS) is 12.4. The first-order chi connectivity index (χ1) is 15.2. The minimum atomic E-state index is -2.99. The van der Waals surface area contributed by atoms with Gasteiger partial charge in [0.1, 0.15) is 11.6 Å². The molecule has 3 rings (SSSR count). The number of hydrogen-bond acceptors (Lipinski definition) is 5. The van der Waals surface area contributed by atoms with E-state index in [0.717, 1.165) is 19.3 Å². The van der Waals surface area contributed by atoms with Crippen LogP contribution in [0.1, 0.15) is 48.9 Å². The van der Waals surface area contributed by atoms with Crippen LogP contribution in [0.3, 0.4) is 0 Å². The van der Waals surface area contributed by atoms with Gasteiger partial charge in [-0.15, -0.1) is 0 Å². The number of carbonyl (C=O) groups excluding carboxylic acids is 1. The molecule has 0 bridgehead atoms. The summed E-state index contributed by atoms with van der Waals surface area (Å²) in [5.74, 6) is -3.07. The molecule has 32 heavy (non-hydrogen) atoms. The highest BCUT2D eigenvalue weighted by atomic mass is 19.3. The zero-order chi connectivity index (χ0) is 23.3. The molecular formula is C23H24F3N5O. The average molecular weight is 443 g/mol. The topological polar surface area (TPSA) is 71.9 Å². The number of alkyl halides is 2. The zero-order valence-corrected chi connectivity index (χ0v) is 18.1. The summed E-state index contributed by atoms with van der Waals surface area (Å²) in [7, 11) is 0. The maximum Gasteiger partial charge on any atom is 0.273 e. The van der Waals surface area contributed by atoms with E-state index in [4.69, 9.17) is 0 Å². The fourth-order valence-electron chi connectivity index (χ4n) is 3.34. The van der Waals surface area contributed by atoms with Gasteiger partial charge in [0.15, 0.2) is 5.82 Å². The van der Waals surface area contributed by atoms with E-state index in [1.807, 2.05) is 13.8 Å². The van der Waals surface area contributed by atoms with Crippen molar-refractivity contribution < 1.29 is 18.0 Å². The van der Waals surface area contributed by atoms with Crippen LogP contribution >= 0.6 is 0 Å². The summed E-state index contributed by atoms with van der Waals surface area (Å²) in [5, 5.41) is 0. The number of hydrogen-bond donors (Lipinski definition) is 0. The van der Waals surface area contributed by atoms with E-state index < -0.39 is 11.7 Å². The molecule has 0 saturated carbocycles. The molecule has 0 radical (unpaired) electrons. The lowest BCUT2D eigenvalue weighted by Crippen LogP contribution is -2.39. The summed E-state index contributed by atoms with van der Waals surface area (Å²) in [6.07, 6.45) is 6.25. The Labute approximate surface area is 184 Å². The Hall–Kier alpha value is -3.36. The van der Waals surface area contributed by atoms with Crippen molar-refractivity contribution in [3.05, 3.63) is 71.8 Å². The molecule has 0 aliphatic rings. The van der Waals surface area contributed by atoms with Crippen molar-refractivity contribution in [2.45, 2.75) is 45.6 Å². The third-order valence-electron chi connectivity index (χ3n) is 5.15. The molecule has 3 aromatic rings. The summed E-state index contributed by atoms with van der Waals surface area (Å²) in [6.45, 7) is 4.96. The number of aromatic nitrogens is 4. The van der Waals surface area contributed by atoms with E-state index in [9.17, 15) is 18.0 Å². The quantitative estimate of drug-likeness (QED) is 0.506. The van der Waals surface area contributed by atoms with Crippen LogP contribution in [-0.2, 0) is 12.3 Å². The lowest BCUT2D eigenvalue weighted by atomic mass is 10.0. The molecule has 1 amide bonds. The van der Waals surface area contributed by atoms with Crippen LogP contribution in [0.4, 0.5) is 13.2 Å². The number of halogens is 3. The van der Waals surface area contributed by atoms with Crippen molar-refractivity contribution in [3.8, 4) is 11.4 Å². The predicted octanol–water partition coefficient (Wildman–Crippen LogP) is 4.67. The van der Waals surface area contributed by atoms with Gasteiger partial charge in [0.2, 0.25) is 0 Å². The fourth-order valence-corrected chi connectivity index (χ4v) is 3.34. The highest BCUT2D eigenvalue weighted by Gasteiger charge is 2.26. The lowest BCUT2D eigenvalue weighted by molar-refractivity contribution is 0.0166. The smallest absolute Gasteiger partial charge is 0.273 e. The Kier molecular flexibility index (Phi) is 7.17. The van der Waals surface area contributed by atoms with Crippen LogP contribution < -0.4 is 0 Å². The van der Waals surface area contributed by atoms with Crippen LogP contribution in [0.15, 0.2) is 49.1 Å². The molecule has 0 aliphatic heterocycles. The van der Waals surface area contributed by atoms with E-state index >= 15 is 0 Å². The van der Waals surface area contributed by atoms with Gasteiger partial charge in [-0.25, -0.2) is 33.1 Å². The number of aryl methyl sites for hydroxylation is 1. The number of carbonyl (C=O) groups is 1. The van der Waals surface area contributed by atoms with Crippen molar-refractivity contribution >= 4 is 5.91 Å². The molecule has 1 aromatic carbocycles. The zero-order valence-electron chi connectivity index (χ0n) is 18.1. The van der Waals surface area contributed by atoms with Crippen LogP contribution in [0.25, 0.3) is 11.4 Å². The number of benzene rings is 1. The summed E-state index contributed by atoms with van der Waals surface area (Å²) < 4.78 is 40.6. The van der Waals surface area contributed by atoms with Gasteiger partial charge in [0.25, 0.3) is 11.8 Å². The van der Waals surface area contributed by atoms with Crippen LogP contribution in [-0.4, -0.2) is 43.3 Å². The predicted molar refractivity (Wildman–Crippen MR) is 114 cm³/mol. The number of nitrogens with zero attached hydrogens (tertiary/aromatic N) is 5. The molecule has 6 nitrogen and oxygen atoms in total. The monoisotopic (exact) mass is 443 g/mol. The van der Waals surface area contributed by atoms with Gasteiger partial charge in [-0.05, 0) is 44.5 Å². The maximum atomic E-state index is 13.9. The molecule has 0 unspecified atom stereocenters. The minimum Gasteiger partial charge on any atom is -0.336 e. The van der Waals surface area contributed by atoms with Crippen LogP contribution in [0, 0.1) is 5.82 Å². The largest absolute Gasteiger partial charge is 0.336 e. The maximum absolute atomic E-state index is 13.9. The van der Waals surface area contributed by atoms with E-state index in [0.29, 0.717) is 36.3 Å². The van der Waals surface area contributed by atoms with Gasteiger partial charge < -0.3 is 4.90 Å². The van der Waals surface area contributed by atoms with Crippen molar-refractivity contribution in [1.29, 1.82) is 0 Å². The molecule has 0 saturated heterocycles. The van der Waals surface area contributed by atoms with E-state index in [-0.39, 0.29) is 23.3 Å². The molecule has 0 aliphatic carbocycles. The third kappa shape index (κ3) is 5.46. The van der Waals surface area contributed by atoms with Crippen LogP contribution in [0.5, 0.6) is 0 Å². The van der Waals surface area contributed by atoms with Gasteiger partial charge in [-0.2, -0.15) is 0 Å². The first-order valence-corrected chi connectivity index (χ1v) is 10.3. The van der Waals surface area contributed by atoms with Gasteiger partial charge in [0, 0.05) is 56.3 Å². The SMILES string of the molecule is CCN(C(=O)c1ccc(F)cc1-c1ncccn1)[C@@H](C)CCc1ncc(C(C)(F)F)cn1. The first-order valence-electron chi connectivity index (χ1n) is 10.3. The van der Waals surface area contributed by atoms with Crippen molar-refractivity contribution in [2.75, 3.05) is 6.54 Å². The molecule has 2 aromatic heterocycles. The van der Waals surface area contributed by atoms with Crippen molar-refractivity contribution in [2.24, 2.45) is 0 Å². The number of rotatable bonds is 8. The second kappa shape index (κ2) is 9.84. The van der Waals surface area contributed by atoms with Gasteiger partial charge in [-0.3, -0.25) is 4.79 Å². The second-order valence-corrected chi connectivity index (χ2v) is 7.52. The Morgan fingerprint density at radius 1 is 1.12 bits per heavy atom. The van der Waals surface area contributed by atoms with Gasteiger partial charge >= 0.3 is 0 Å². The highest BCUT2D eigenvalue weighted by Crippen LogP contribution is 2.26. The second-order valence-electron chi connectivity index (χ2n) is 7.52. The standard InChI is InChI=1S/C23H24F3N5O/c1-4-31(15(2)6-9-20-29-13-16(14-30-20)23(3,25)26)22(32)18-8-7-17(24)12-19(18)21-27-10-5-11-28-21/h5,7-8,10-15H,4,6,9H2,1-3H3/t15-/m0/s1. The van der Waals surface area contributed by atoms with E-state index in [2.05, 4.69) is 19.9 Å². The lowest BCUT2D eigenvalue weighted by Gasteiger charge is -2.29. The summed E-state index contributed by atoms with van der Waals surface area (Å²) in [4.78, 5) is 31.3. The minimum absolute atomic E-state index is 0.196. The molecule has 0 N–H and O–H groups in total. The molecule has 2 heterocycles. The average Bonchev–Trinajstić information content (AvgIpc) is 2.78. The Balaban J connectivity index is 1.76. The highest BCUT2D eigenvalue weighted by molar-refractivity contribution is 6.00. The Bertz CT molecular complexity index is 1060. The molecule has 0 spiro atoms.